The van der Waals surface area contributed by atoms with Crippen LogP contribution in [0.3, 0.4) is 0 Å². The molecule has 0 bridgehead atoms. The van der Waals surface area contributed by atoms with Gasteiger partial charge in [0.05, 0.1) is 0 Å². The maximum absolute atomic E-state index is 12.0. The molecule has 0 saturated heterocycles. The van der Waals surface area contributed by atoms with E-state index in [1.54, 1.807) is 0 Å². The number of aryl methyl sites for hydroxylation is 2. The first kappa shape index (κ1) is 18.0. The van der Waals surface area contributed by atoms with Crippen molar-refractivity contribution >= 4 is 5.91 Å². The molecule has 0 spiro atoms. The molecule has 2 aromatic carbocycles. The molecule has 1 aliphatic rings. The van der Waals surface area contributed by atoms with Gasteiger partial charge in [-0.15, -0.1) is 0 Å². The number of amides is 1. The molecule has 3 rings (SSSR count). The minimum Gasteiger partial charge on any atom is -0.364 e. The number of primary amides is 1. The number of likely N-dealkylation sites (N-methyl/N-ethyl adjacent to an activating group) is 1. The molecule has 0 unspecified atom stereocenters. The predicted octanol–water partition coefficient (Wildman–Crippen LogP) is 4.21. The first-order valence-electron chi connectivity index (χ1n) is 9.15. The number of allylic oxidation sites excluding steroid dienone is 2. The van der Waals surface area contributed by atoms with Crippen LogP contribution < -0.4 is 5.73 Å². The van der Waals surface area contributed by atoms with Crippen molar-refractivity contribution in [2.75, 3.05) is 7.05 Å². The van der Waals surface area contributed by atoms with E-state index in [-0.39, 0.29) is 5.91 Å². The number of benzene rings is 2. The molecule has 3 heteroatoms. The Labute approximate surface area is 155 Å². The fourth-order valence-corrected chi connectivity index (χ4v) is 3.59. The van der Waals surface area contributed by atoms with Crippen molar-refractivity contribution in [1.29, 1.82) is 0 Å². The van der Waals surface area contributed by atoms with Crippen LogP contribution in [0.15, 0.2) is 83.7 Å². The molecule has 134 valence electrons. The smallest absolute Gasteiger partial charge is 0.265 e. The zero-order valence-electron chi connectivity index (χ0n) is 15.3. The van der Waals surface area contributed by atoms with E-state index < -0.39 is 0 Å². The molecule has 1 heterocycles. The molecule has 2 N–H and O–H groups in total. The summed E-state index contributed by atoms with van der Waals surface area (Å²) in [6, 6.07) is 20.9. The van der Waals surface area contributed by atoms with Gasteiger partial charge in [-0.3, -0.25) is 4.79 Å². The highest BCUT2D eigenvalue weighted by Crippen LogP contribution is 2.30. The van der Waals surface area contributed by atoms with Crippen molar-refractivity contribution in [1.82, 2.24) is 4.90 Å². The van der Waals surface area contributed by atoms with E-state index >= 15 is 0 Å². The summed E-state index contributed by atoms with van der Waals surface area (Å²) in [6.45, 7) is 0. The number of hydrogen-bond acceptors (Lipinski definition) is 2. The number of hydrogen-bond donors (Lipinski definition) is 1. The summed E-state index contributed by atoms with van der Waals surface area (Å²) in [7, 11) is 1.92. The molecule has 0 saturated carbocycles. The van der Waals surface area contributed by atoms with Gasteiger partial charge in [0.25, 0.3) is 5.91 Å². The molecule has 2 aromatic rings. The van der Waals surface area contributed by atoms with Gasteiger partial charge < -0.3 is 10.6 Å². The second-order valence-corrected chi connectivity index (χ2v) is 6.86. The lowest BCUT2D eigenvalue weighted by Crippen LogP contribution is -2.29. The SMILES string of the molecule is CN1C=C(CCc2ccccc2)CC(CCc2ccccc2)=C1C(N)=O. The first-order chi connectivity index (χ1) is 12.6. The fourth-order valence-electron chi connectivity index (χ4n) is 3.59. The molecule has 0 fully saturated rings. The third kappa shape index (κ3) is 4.63. The van der Waals surface area contributed by atoms with Crippen molar-refractivity contribution < 1.29 is 4.79 Å². The number of carbonyl (C=O) groups is 1. The Morgan fingerprint density at radius 1 is 0.885 bits per heavy atom. The third-order valence-corrected chi connectivity index (χ3v) is 4.87. The molecule has 1 amide bonds. The van der Waals surface area contributed by atoms with Gasteiger partial charge in [0.1, 0.15) is 5.70 Å². The van der Waals surface area contributed by atoms with Crippen molar-refractivity contribution in [3.05, 3.63) is 94.8 Å². The molecule has 0 radical (unpaired) electrons. The summed E-state index contributed by atoms with van der Waals surface area (Å²) in [4.78, 5) is 13.9. The normalized spacial score (nSPS) is 14.3. The van der Waals surface area contributed by atoms with Crippen molar-refractivity contribution in [2.45, 2.75) is 32.1 Å². The zero-order valence-corrected chi connectivity index (χ0v) is 15.3. The van der Waals surface area contributed by atoms with E-state index in [1.807, 2.05) is 24.1 Å². The minimum absolute atomic E-state index is 0.339. The summed E-state index contributed by atoms with van der Waals surface area (Å²) in [5.41, 5.74) is 11.4. The van der Waals surface area contributed by atoms with Crippen LogP contribution >= 0.6 is 0 Å². The summed E-state index contributed by atoms with van der Waals surface area (Å²) in [5, 5.41) is 0. The van der Waals surface area contributed by atoms with Crippen LogP contribution in [0.4, 0.5) is 0 Å². The Bertz CT molecular complexity index is 807. The standard InChI is InChI=1S/C23H26N2O/c1-25-17-20(13-12-18-8-4-2-5-9-18)16-21(22(25)23(24)26)15-14-19-10-6-3-7-11-19/h2-11,17H,12-16H2,1H3,(H2,24,26). The predicted molar refractivity (Wildman–Crippen MR) is 106 cm³/mol. The van der Waals surface area contributed by atoms with Gasteiger partial charge in [0.15, 0.2) is 0 Å². The van der Waals surface area contributed by atoms with E-state index in [0.717, 1.165) is 37.7 Å². The Hall–Kier alpha value is -2.81. The van der Waals surface area contributed by atoms with E-state index in [2.05, 4.69) is 54.7 Å². The maximum Gasteiger partial charge on any atom is 0.265 e. The highest BCUT2D eigenvalue weighted by atomic mass is 16.1. The number of nitrogens with two attached hydrogens (primary N) is 1. The summed E-state index contributed by atoms with van der Waals surface area (Å²) in [5.74, 6) is -0.339. The molecule has 0 aromatic heterocycles. The van der Waals surface area contributed by atoms with Crippen molar-refractivity contribution in [3.63, 3.8) is 0 Å². The van der Waals surface area contributed by atoms with Gasteiger partial charge in [0.2, 0.25) is 0 Å². The van der Waals surface area contributed by atoms with Gasteiger partial charge in [-0.05, 0) is 54.4 Å². The number of rotatable bonds is 7. The largest absolute Gasteiger partial charge is 0.364 e. The molecule has 1 aliphatic heterocycles. The van der Waals surface area contributed by atoms with Gasteiger partial charge >= 0.3 is 0 Å². The van der Waals surface area contributed by atoms with Gasteiger partial charge in [-0.2, -0.15) is 0 Å². The average molecular weight is 346 g/mol. The van der Waals surface area contributed by atoms with Crippen LogP contribution in [0.25, 0.3) is 0 Å². The van der Waals surface area contributed by atoms with E-state index in [0.29, 0.717) is 5.70 Å². The molecule has 26 heavy (non-hydrogen) atoms. The van der Waals surface area contributed by atoms with Crippen LogP contribution in [0.2, 0.25) is 0 Å². The van der Waals surface area contributed by atoms with Crippen LogP contribution in [-0.4, -0.2) is 17.9 Å². The highest BCUT2D eigenvalue weighted by Gasteiger charge is 2.22. The molecule has 3 nitrogen and oxygen atoms in total. The topological polar surface area (TPSA) is 46.3 Å². The second-order valence-electron chi connectivity index (χ2n) is 6.86. The summed E-state index contributed by atoms with van der Waals surface area (Å²) in [6.07, 6.45) is 6.70. The highest BCUT2D eigenvalue weighted by molar-refractivity contribution is 5.92. The van der Waals surface area contributed by atoms with Crippen molar-refractivity contribution in [3.8, 4) is 0 Å². The number of nitrogens with zero attached hydrogens (tertiary/aromatic N) is 1. The summed E-state index contributed by atoms with van der Waals surface area (Å²) < 4.78 is 0. The Balaban J connectivity index is 1.69. The maximum atomic E-state index is 12.0. The lowest BCUT2D eigenvalue weighted by atomic mass is 9.91. The van der Waals surface area contributed by atoms with Gasteiger partial charge in [-0.25, -0.2) is 0 Å². The Morgan fingerprint density at radius 2 is 1.42 bits per heavy atom. The molecular weight excluding hydrogens is 320 g/mol. The van der Waals surface area contributed by atoms with E-state index in [4.69, 9.17) is 5.73 Å². The lowest BCUT2D eigenvalue weighted by Gasteiger charge is -2.28. The van der Waals surface area contributed by atoms with E-state index in [1.165, 1.54) is 16.7 Å². The van der Waals surface area contributed by atoms with Crippen LogP contribution in [0.5, 0.6) is 0 Å². The van der Waals surface area contributed by atoms with Gasteiger partial charge in [-0.1, -0.05) is 60.7 Å². The summed E-state index contributed by atoms with van der Waals surface area (Å²) >= 11 is 0. The first-order valence-corrected chi connectivity index (χ1v) is 9.15. The Kier molecular flexibility index (Phi) is 5.90. The molecule has 0 aliphatic carbocycles. The van der Waals surface area contributed by atoms with Crippen molar-refractivity contribution in [2.24, 2.45) is 5.73 Å². The van der Waals surface area contributed by atoms with Crippen LogP contribution in [0.1, 0.15) is 30.4 Å². The molecular formula is C23H26N2O. The molecule has 0 atom stereocenters. The average Bonchev–Trinajstić information content (AvgIpc) is 2.66. The quantitative estimate of drug-likeness (QED) is 0.816. The van der Waals surface area contributed by atoms with Gasteiger partial charge in [0, 0.05) is 13.2 Å². The van der Waals surface area contributed by atoms with Crippen LogP contribution in [-0.2, 0) is 17.6 Å². The minimum atomic E-state index is -0.339. The zero-order chi connectivity index (χ0) is 18.4. The Morgan fingerprint density at radius 3 is 1.96 bits per heavy atom. The lowest BCUT2D eigenvalue weighted by molar-refractivity contribution is -0.115. The number of carbonyl (C=O) groups excluding carboxylic acids is 1. The van der Waals surface area contributed by atoms with Crippen LogP contribution in [0, 0.1) is 0 Å². The van der Waals surface area contributed by atoms with E-state index in [9.17, 15) is 4.79 Å². The fraction of sp³-hybridized carbons (Fsp3) is 0.261. The second kappa shape index (κ2) is 8.52. The third-order valence-electron chi connectivity index (χ3n) is 4.87. The monoisotopic (exact) mass is 346 g/mol.